The molecule has 1 aliphatic heterocycles. The highest BCUT2D eigenvalue weighted by Gasteiger charge is 2.13. The van der Waals surface area contributed by atoms with Crippen LogP contribution in [0.1, 0.15) is 12.0 Å². The summed E-state index contributed by atoms with van der Waals surface area (Å²) in [7, 11) is 0. The number of hydrogen-bond donors (Lipinski definition) is 2. The highest BCUT2D eigenvalue weighted by atomic mass is 79.9. The summed E-state index contributed by atoms with van der Waals surface area (Å²) in [6.45, 7) is 4.31. The topological polar surface area (TPSA) is 24.1 Å². The number of rotatable bonds is 2. The average Bonchev–Trinajstić information content (AvgIpc) is 2.64. The Labute approximate surface area is 93.2 Å². The second-order valence-corrected chi connectivity index (χ2v) is 4.65. The van der Waals surface area contributed by atoms with E-state index in [1.54, 1.807) is 0 Å². The molecule has 0 radical (unpaired) electrons. The molecule has 0 amide bonds. The number of benzene rings is 1. The van der Waals surface area contributed by atoms with Gasteiger partial charge in [-0.3, -0.25) is 0 Å². The lowest BCUT2D eigenvalue weighted by atomic mass is 10.2. The van der Waals surface area contributed by atoms with Crippen molar-refractivity contribution in [3.05, 3.63) is 28.2 Å². The predicted molar refractivity (Wildman–Crippen MR) is 63.8 cm³/mol. The van der Waals surface area contributed by atoms with Gasteiger partial charge in [0.1, 0.15) is 0 Å². The molecule has 2 nitrogen and oxygen atoms in total. The lowest BCUT2D eigenvalue weighted by Gasteiger charge is -2.13. The summed E-state index contributed by atoms with van der Waals surface area (Å²) in [5.74, 6) is 0. The molecule has 14 heavy (non-hydrogen) atoms. The Balaban J connectivity index is 2.05. The maximum absolute atomic E-state index is 3.54. The van der Waals surface area contributed by atoms with E-state index in [4.69, 9.17) is 0 Å². The van der Waals surface area contributed by atoms with Gasteiger partial charge in [-0.25, -0.2) is 0 Å². The van der Waals surface area contributed by atoms with Crippen LogP contribution in [-0.2, 0) is 0 Å². The van der Waals surface area contributed by atoms with Crippen LogP contribution < -0.4 is 10.6 Å². The molecular weight excluding hydrogens is 240 g/mol. The average molecular weight is 255 g/mol. The molecule has 1 saturated heterocycles. The summed E-state index contributed by atoms with van der Waals surface area (Å²) in [6, 6.07) is 7.01. The molecule has 2 rings (SSSR count). The Morgan fingerprint density at radius 2 is 2.36 bits per heavy atom. The van der Waals surface area contributed by atoms with Crippen molar-refractivity contribution in [2.75, 3.05) is 18.4 Å². The molecule has 1 aliphatic rings. The quantitative estimate of drug-likeness (QED) is 0.848. The second kappa shape index (κ2) is 4.32. The van der Waals surface area contributed by atoms with E-state index < -0.39 is 0 Å². The Bertz CT molecular complexity index is 319. The number of nitrogens with one attached hydrogen (secondary N) is 2. The molecule has 1 fully saturated rings. The van der Waals surface area contributed by atoms with E-state index in [0.29, 0.717) is 6.04 Å². The van der Waals surface area contributed by atoms with Crippen molar-refractivity contribution in [3.8, 4) is 0 Å². The minimum Gasteiger partial charge on any atom is -0.381 e. The van der Waals surface area contributed by atoms with Crippen LogP contribution in [0.4, 0.5) is 5.69 Å². The first kappa shape index (κ1) is 9.99. The third-order valence-electron chi connectivity index (χ3n) is 2.60. The van der Waals surface area contributed by atoms with E-state index in [2.05, 4.69) is 51.7 Å². The lowest BCUT2D eigenvalue weighted by Crippen LogP contribution is -2.21. The maximum Gasteiger partial charge on any atom is 0.0398 e. The van der Waals surface area contributed by atoms with Gasteiger partial charge in [0.05, 0.1) is 0 Å². The molecule has 0 bridgehead atoms. The van der Waals surface area contributed by atoms with E-state index in [0.717, 1.165) is 13.1 Å². The zero-order valence-electron chi connectivity index (χ0n) is 8.31. The second-order valence-electron chi connectivity index (χ2n) is 3.80. The zero-order valence-corrected chi connectivity index (χ0v) is 9.89. The fourth-order valence-corrected chi connectivity index (χ4v) is 2.07. The van der Waals surface area contributed by atoms with E-state index in [-0.39, 0.29) is 0 Å². The lowest BCUT2D eigenvalue weighted by molar-refractivity contribution is 0.793. The molecule has 76 valence electrons. The fourth-order valence-electron chi connectivity index (χ4n) is 1.70. The van der Waals surface area contributed by atoms with Gasteiger partial charge in [0, 0.05) is 22.7 Å². The van der Waals surface area contributed by atoms with Crippen molar-refractivity contribution in [1.29, 1.82) is 0 Å². The van der Waals surface area contributed by atoms with Crippen molar-refractivity contribution in [3.63, 3.8) is 0 Å². The van der Waals surface area contributed by atoms with Crippen molar-refractivity contribution in [2.45, 2.75) is 19.4 Å². The molecule has 0 spiro atoms. The minimum atomic E-state index is 0.588. The highest BCUT2D eigenvalue weighted by molar-refractivity contribution is 9.10. The molecule has 1 aromatic rings. The van der Waals surface area contributed by atoms with E-state index in [9.17, 15) is 0 Å². The van der Waals surface area contributed by atoms with Crippen LogP contribution in [0.25, 0.3) is 0 Å². The van der Waals surface area contributed by atoms with Gasteiger partial charge in [0.2, 0.25) is 0 Å². The van der Waals surface area contributed by atoms with Gasteiger partial charge in [-0.05, 0) is 37.6 Å². The maximum atomic E-state index is 3.54. The van der Waals surface area contributed by atoms with Crippen LogP contribution in [0, 0.1) is 6.92 Å². The molecular formula is C11H15BrN2. The molecule has 1 heterocycles. The Kier molecular flexibility index (Phi) is 3.08. The third-order valence-corrected chi connectivity index (χ3v) is 3.46. The smallest absolute Gasteiger partial charge is 0.0398 e. The molecule has 1 atom stereocenters. The van der Waals surface area contributed by atoms with Gasteiger partial charge >= 0.3 is 0 Å². The first-order chi connectivity index (χ1) is 6.75. The van der Waals surface area contributed by atoms with Gasteiger partial charge in [0.25, 0.3) is 0 Å². The van der Waals surface area contributed by atoms with Gasteiger partial charge in [-0.1, -0.05) is 22.0 Å². The monoisotopic (exact) mass is 254 g/mol. The summed E-state index contributed by atoms with van der Waals surface area (Å²) < 4.78 is 1.17. The third kappa shape index (κ3) is 2.28. The first-order valence-electron chi connectivity index (χ1n) is 4.99. The Morgan fingerprint density at radius 3 is 3.00 bits per heavy atom. The molecule has 3 heteroatoms. The Hall–Kier alpha value is -0.540. The van der Waals surface area contributed by atoms with Gasteiger partial charge < -0.3 is 10.6 Å². The fraction of sp³-hybridized carbons (Fsp3) is 0.455. The van der Waals surface area contributed by atoms with Crippen LogP contribution in [0.5, 0.6) is 0 Å². The van der Waals surface area contributed by atoms with E-state index in [1.165, 1.54) is 22.1 Å². The number of halogens is 1. The first-order valence-corrected chi connectivity index (χ1v) is 5.78. The number of anilines is 1. The largest absolute Gasteiger partial charge is 0.381 e. The SMILES string of the molecule is Cc1ccc(NC2CCNC2)cc1Br. The van der Waals surface area contributed by atoms with Crippen molar-refractivity contribution in [2.24, 2.45) is 0 Å². The van der Waals surface area contributed by atoms with Crippen LogP contribution in [0.15, 0.2) is 22.7 Å². The predicted octanol–water partition coefficient (Wildman–Crippen LogP) is 2.53. The zero-order chi connectivity index (χ0) is 9.97. The van der Waals surface area contributed by atoms with Gasteiger partial charge in [-0.15, -0.1) is 0 Å². The van der Waals surface area contributed by atoms with Crippen molar-refractivity contribution < 1.29 is 0 Å². The van der Waals surface area contributed by atoms with Crippen LogP contribution in [0.3, 0.4) is 0 Å². The molecule has 1 aromatic carbocycles. The Morgan fingerprint density at radius 1 is 1.50 bits per heavy atom. The molecule has 1 unspecified atom stereocenters. The van der Waals surface area contributed by atoms with Crippen molar-refractivity contribution >= 4 is 21.6 Å². The molecule has 2 N–H and O–H groups in total. The van der Waals surface area contributed by atoms with E-state index in [1.807, 2.05) is 0 Å². The minimum absolute atomic E-state index is 0.588. The van der Waals surface area contributed by atoms with Crippen LogP contribution in [0.2, 0.25) is 0 Å². The molecule has 0 saturated carbocycles. The molecule has 0 aliphatic carbocycles. The summed E-state index contributed by atoms with van der Waals surface area (Å²) in [5, 5.41) is 6.86. The number of aryl methyl sites for hydroxylation is 1. The summed E-state index contributed by atoms with van der Waals surface area (Å²) in [5.41, 5.74) is 2.48. The number of hydrogen-bond acceptors (Lipinski definition) is 2. The summed E-state index contributed by atoms with van der Waals surface area (Å²) >= 11 is 3.54. The van der Waals surface area contributed by atoms with Gasteiger partial charge in [0.15, 0.2) is 0 Å². The van der Waals surface area contributed by atoms with Crippen LogP contribution in [-0.4, -0.2) is 19.1 Å². The summed E-state index contributed by atoms with van der Waals surface area (Å²) in [4.78, 5) is 0. The summed E-state index contributed by atoms with van der Waals surface area (Å²) in [6.07, 6.45) is 1.21. The van der Waals surface area contributed by atoms with E-state index >= 15 is 0 Å². The normalized spacial score (nSPS) is 21.1. The molecule has 0 aromatic heterocycles. The standard InChI is InChI=1S/C11H15BrN2/c1-8-2-3-9(6-11(8)12)14-10-4-5-13-7-10/h2-3,6,10,13-14H,4-5,7H2,1H3. The van der Waals surface area contributed by atoms with Crippen LogP contribution >= 0.6 is 15.9 Å². The van der Waals surface area contributed by atoms with Gasteiger partial charge in [-0.2, -0.15) is 0 Å². The van der Waals surface area contributed by atoms with Crippen molar-refractivity contribution in [1.82, 2.24) is 5.32 Å². The highest BCUT2D eigenvalue weighted by Crippen LogP contribution is 2.21.